The summed E-state index contributed by atoms with van der Waals surface area (Å²) in [6, 6.07) is 13.6. The van der Waals surface area contributed by atoms with Gasteiger partial charge in [-0.2, -0.15) is 4.98 Å². The third-order valence-corrected chi connectivity index (χ3v) is 3.65. The molecule has 1 aromatic carbocycles. The Morgan fingerprint density at radius 3 is 2.89 bits per heavy atom. The average Bonchev–Trinajstić information content (AvgIpc) is 2.75. The summed E-state index contributed by atoms with van der Waals surface area (Å²) in [5.41, 5.74) is 1.69. The number of pyridine rings is 1. The lowest BCUT2D eigenvalue weighted by atomic mass is 10.3. The van der Waals surface area contributed by atoms with E-state index in [0.29, 0.717) is 11.8 Å². The van der Waals surface area contributed by atoms with Crippen molar-refractivity contribution < 1.29 is 4.74 Å². The molecule has 3 nitrogen and oxygen atoms in total. The van der Waals surface area contributed by atoms with Crippen molar-refractivity contribution in [2.75, 3.05) is 0 Å². The Morgan fingerprint density at radius 1 is 1.21 bits per heavy atom. The molecular formula is C14H10ClIN2O. The molecule has 0 N–H and O–H groups in total. The van der Waals surface area contributed by atoms with E-state index in [-0.39, 0.29) is 0 Å². The number of aromatic nitrogens is 2. The molecule has 0 radical (unpaired) electrons. The van der Waals surface area contributed by atoms with Crippen molar-refractivity contribution in [1.82, 2.24) is 9.38 Å². The van der Waals surface area contributed by atoms with Crippen molar-refractivity contribution >= 4 is 39.8 Å². The summed E-state index contributed by atoms with van der Waals surface area (Å²) in [6.45, 7) is 0. The number of nitrogens with zero attached hydrogens (tertiary/aromatic N) is 2. The molecule has 2 heterocycles. The Bertz CT molecular complexity index is 726. The maximum atomic E-state index is 6.01. The molecule has 0 bridgehead atoms. The summed E-state index contributed by atoms with van der Waals surface area (Å²) in [6.07, 6.45) is 1.93. The van der Waals surface area contributed by atoms with Gasteiger partial charge in [0.2, 0.25) is 5.88 Å². The Hall–Kier alpha value is -1.27. The summed E-state index contributed by atoms with van der Waals surface area (Å²) >= 11 is 8.26. The van der Waals surface area contributed by atoms with E-state index < -0.39 is 0 Å². The Kier molecular flexibility index (Phi) is 3.61. The molecule has 0 fully saturated rings. The summed E-state index contributed by atoms with van der Waals surface area (Å²) < 4.78 is 8.90. The summed E-state index contributed by atoms with van der Waals surface area (Å²) in [4.78, 5) is 4.46. The third-order valence-electron chi connectivity index (χ3n) is 2.73. The number of halogens is 2. The van der Waals surface area contributed by atoms with Crippen LogP contribution in [0.1, 0.15) is 5.69 Å². The summed E-state index contributed by atoms with van der Waals surface area (Å²) in [5, 5.41) is 0. The molecule has 0 aliphatic heterocycles. The number of alkyl halides is 1. The fourth-order valence-electron chi connectivity index (χ4n) is 1.87. The number of benzene rings is 1. The van der Waals surface area contributed by atoms with Crippen LogP contribution in [0, 0.1) is 3.57 Å². The van der Waals surface area contributed by atoms with E-state index in [9.17, 15) is 0 Å². The first-order valence-electron chi connectivity index (χ1n) is 5.73. The van der Waals surface area contributed by atoms with Crippen LogP contribution in [0.25, 0.3) is 5.65 Å². The second-order valence-electron chi connectivity index (χ2n) is 3.99. The molecule has 2 aromatic heterocycles. The summed E-state index contributed by atoms with van der Waals surface area (Å²) in [7, 11) is 0. The predicted molar refractivity (Wildman–Crippen MR) is 84.0 cm³/mol. The van der Waals surface area contributed by atoms with Gasteiger partial charge in [0, 0.05) is 9.77 Å². The van der Waals surface area contributed by atoms with Gasteiger partial charge in [-0.1, -0.05) is 12.1 Å². The molecule has 0 amide bonds. The van der Waals surface area contributed by atoms with Crippen LogP contribution in [0.5, 0.6) is 11.6 Å². The number of imidazole rings is 1. The zero-order chi connectivity index (χ0) is 13.2. The highest BCUT2D eigenvalue weighted by Crippen LogP contribution is 2.27. The van der Waals surface area contributed by atoms with Crippen molar-refractivity contribution in [2.45, 2.75) is 5.88 Å². The number of fused-ring (bicyclic) bond motifs is 1. The van der Waals surface area contributed by atoms with Gasteiger partial charge < -0.3 is 4.74 Å². The van der Waals surface area contributed by atoms with Gasteiger partial charge in [-0.3, -0.25) is 4.40 Å². The Balaban J connectivity index is 2.05. The standard InChI is InChI=1S/C14H10ClIN2O/c15-9-12-14(17-13-6-1-2-7-18(12)13)19-11-5-3-4-10(16)8-11/h1-8H,9H2. The van der Waals surface area contributed by atoms with Gasteiger partial charge in [-0.25, -0.2) is 0 Å². The highest BCUT2D eigenvalue weighted by molar-refractivity contribution is 14.1. The van der Waals surface area contributed by atoms with Crippen LogP contribution in [-0.4, -0.2) is 9.38 Å². The Labute approximate surface area is 129 Å². The van der Waals surface area contributed by atoms with Crippen molar-refractivity contribution in [3.8, 4) is 11.6 Å². The van der Waals surface area contributed by atoms with E-state index in [4.69, 9.17) is 16.3 Å². The molecule has 0 unspecified atom stereocenters. The number of rotatable bonds is 3. The van der Waals surface area contributed by atoms with Crippen LogP contribution >= 0.6 is 34.2 Å². The van der Waals surface area contributed by atoms with Crippen molar-refractivity contribution in [3.05, 3.63) is 57.9 Å². The fourth-order valence-corrected chi connectivity index (χ4v) is 2.63. The average molecular weight is 385 g/mol. The molecular weight excluding hydrogens is 375 g/mol. The zero-order valence-electron chi connectivity index (χ0n) is 9.88. The van der Waals surface area contributed by atoms with Crippen LogP contribution in [-0.2, 0) is 5.88 Å². The fraction of sp³-hybridized carbons (Fsp3) is 0.0714. The molecule has 0 atom stereocenters. The molecule has 0 saturated carbocycles. The van der Waals surface area contributed by atoms with Crippen molar-refractivity contribution in [1.29, 1.82) is 0 Å². The second-order valence-corrected chi connectivity index (χ2v) is 5.50. The first kappa shape index (κ1) is 12.7. The topological polar surface area (TPSA) is 26.5 Å². The molecule has 19 heavy (non-hydrogen) atoms. The van der Waals surface area contributed by atoms with E-state index in [2.05, 4.69) is 27.6 Å². The molecule has 0 aliphatic rings. The number of hydrogen-bond acceptors (Lipinski definition) is 2. The maximum Gasteiger partial charge on any atom is 0.242 e. The van der Waals surface area contributed by atoms with Gasteiger partial charge in [0.25, 0.3) is 0 Å². The first-order valence-corrected chi connectivity index (χ1v) is 7.34. The minimum atomic E-state index is 0.352. The number of ether oxygens (including phenoxy) is 1. The summed E-state index contributed by atoms with van der Waals surface area (Å²) in [5.74, 6) is 1.68. The maximum absolute atomic E-state index is 6.01. The van der Waals surface area contributed by atoms with Crippen LogP contribution in [0.2, 0.25) is 0 Å². The van der Waals surface area contributed by atoms with Crippen LogP contribution in [0.15, 0.2) is 48.7 Å². The monoisotopic (exact) mass is 384 g/mol. The van der Waals surface area contributed by atoms with Gasteiger partial charge in [-0.15, -0.1) is 11.6 Å². The van der Waals surface area contributed by atoms with E-state index in [1.54, 1.807) is 0 Å². The van der Waals surface area contributed by atoms with Gasteiger partial charge >= 0.3 is 0 Å². The van der Waals surface area contributed by atoms with Crippen LogP contribution in [0.4, 0.5) is 0 Å². The van der Waals surface area contributed by atoms with Gasteiger partial charge in [0.15, 0.2) is 0 Å². The van der Waals surface area contributed by atoms with Gasteiger partial charge in [0.1, 0.15) is 17.1 Å². The predicted octanol–water partition coefficient (Wildman–Crippen LogP) is 4.47. The largest absolute Gasteiger partial charge is 0.437 e. The molecule has 96 valence electrons. The lowest BCUT2D eigenvalue weighted by Gasteiger charge is -2.04. The van der Waals surface area contributed by atoms with E-state index >= 15 is 0 Å². The molecule has 0 aliphatic carbocycles. The Morgan fingerprint density at radius 2 is 2.11 bits per heavy atom. The zero-order valence-corrected chi connectivity index (χ0v) is 12.8. The molecule has 3 aromatic rings. The van der Waals surface area contributed by atoms with Crippen LogP contribution < -0.4 is 4.74 Å². The van der Waals surface area contributed by atoms with Gasteiger partial charge in [0.05, 0.1) is 5.88 Å². The number of hydrogen-bond donors (Lipinski definition) is 0. The lowest BCUT2D eigenvalue weighted by Crippen LogP contribution is -1.92. The highest BCUT2D eigenvalue weighted by atomic mass is 127. The quantitative estimate of drug-likeness (QED) is 0.492. The molecule has 0 saturated heterocycles. The minimum Gasteiger partial charge on any atom is -0.437 e. The second kappa shape index (κ2) is 5.38. The molecule has 5 heteroatoms. The van der Waals surface area contributed by atoms with E-state index in [1.165, 1.54) is 0 Å². The van der Waals surface area contributed by atoms with E-state index in [1.807, 2.05) is 53.1 Å². The highest BCUT2D eigenvalue weighted by Gasteiger charge is 2.13. The normalized spacial score (nSPS) is 10.8. The van der Waals surface area contributed by atoms with Gasteiger partial charge in [-0.05, 0) is 52.9 Å². The molecule has 3 rings (SSSR count). The van der Waals surface area contributed by atoms with E-state index in [0.717, 1.165) is 20.7 Å². The lowest BCUT2D eigenvalue weighted by molar-refractivity contribution is 0.461. The third kappa shape index (κ3) is 2.55. The molecule has 0 spiro atoms. The van der Waals surface area contributed by atoms with Crippen molar-refractivity contribution in [2.24, 2.45) is 0 Å². The SMILES string of the molecule is ClCc1c(Oc2cccc(I)c2)nc2ccccn12. The smallest absolute Gasteiger partial charge is 0.242 e. The van der Waals surface area contributed by atoms with Crippen molar-refractivity contribution in [3.63, 3.8) is 0 Å². The van der Waals surface area contributed by atoms with Crippen LogP contribution in [0.3, 0.4) is 0 Å². The first-order chi connectivity index (χ1) is 9.28. The minimum absolute atomic E-state index is 0.352.